The van der Waals surface area contributed by atoms with Gasteiger partial charge in [-0.2, -0.15) is 0 Å². The minimum Gasteiger partial charge on any atom is -0.354 e. The maximum Gasteiger partial charge on any atom is 0.225 e. The minimum atomic E-state index is -0.496. The summed E-state index contributed by atoms with van der Waals surface area (Å²) in [6.45, 7) is 0. The molecule has 0 bridgehead atoms. The fraction of sp³-hybridized carbons (Fsp3) is 0.600. The highest BCUT2D eigenvalue weighted by atomic mass is 127. The first-order chi connectivity index (χ1) is 12.9. The van der Waals surface area contributed by atoms with E-state index >= 15 is 0 Å². The van der Waals surface area contributed by atoms with E-state index in [2.05, 4.69) is 15.6 Å². The summed E-state index contributed by atoms with van der Waals surface area (Å²) in [7, 11) is 5.26. The quantitative estimate of drug-likeness (QED) is 0.375. The van der Waals surface area contributed by atoms with Crippen LogP contribution in [0.3, 0.4) is 0 Å². The van der Waals surface area contributed by atoms with Crippen LogP contribution in [0.2, 0.25) is 0 Å². The molecular weight excluding hydrogens is 477 g/mol. The predicted octanol–water partition coefficient (Wildman–Crippen LogP) is 3.25. The SMILES string of the molecule is CN=C(NC1CCCC(C(=O)N(C)C)C1)NC1CC1c1c(F)cccc1F.I. The summed E-state index contributed by atoms with van der Waals surface area (Å²) < 4.78 is 27.9. The van der Waals surface area contributed by atoms with Crippen molar-refractivity contribution in [2.24, 2.45) is 10.9 Å². The number of guanidine groups is 1. The van der Waals surface area contributed by atoms with Crippen LogP contribution in [0.1, 0.15) is 43.6 Å². The lowest BCUT2D eigenvalue weighted by atomic mass is 9.85. The Kier molecular flexibility index (Phi) is 8.03. The molecule has 0 aliphatic heterocycles. The highest BCUT2D eigenvalue weighted by molar-refractivity contribution is 14.0. The Morgan fingerprint density at radius 2 is 1.82 bits per heavy atom. The van der Waals surface area contributed by atoms with Gasteiger partial charge in [0.25, 0.3) is 0 Å². The first-order valence-electron chi connectivity index (χ1n) is 9.55. The Morgan fingerprint density at radius 1 is 1.14 bits per heavy atom. The summed E-state index contributed by atoms with van der Waals surface area (Å²) in [5.41, 5.74) is 0.153. The Balaban J connectivity index is 0.00000280. The van der Waals surface area contributed by atoms with E-state index in [9.17, 15) is 13.6 Å². The molecule has 28 heavy (non-hydrogen) atoms. The first kappa shape index (κ1) is 22.8. The second-order valence-electron chi connectivity index (χ2n) is 7.74. The van der Waals surface area contributed by atoms with Gasteiger partial charge in [-0.25, -0.2) is 8.78 Å². The molecule has 0 radical (unpaired) electrons. The zero-order valence-electron chi connectivity index (χ0n) is 16.5. The summed E-state index contributed by atoms with van der Waals surface area (Å²) in [5, 5.41) is 6.65. The van der Waals surface area contributed by atoms with Crippen molar-refractivity contribution in [3.05, 3.63) is 35.4 Å². The summed E-state index contributed by atoms with van der Waals surface area (Å²) in [4.78, 5) is 18.1. The van der Waals surface area contributed by atoms with Crippen molar-refractivity contribution in [1.82, 2.24) is 15.5 Å². The molecule has 5 nitrogen and oxygen atoms in total. The summed E-state index contributed by atoms with van der Waals surface area (Å²) in [5.74, 6) is -0.345. The van der Waals surface area contributed by atoms with Gasteiger partial charge < -0.3 is 15.5 Å². The number of nitrogens with one attached hydrogen (secondary N) is 2. The molecule has 0 spiro atoms. The summed E-state index contributed by atoms with van der Waals surface area (Å²) >= 11 is 0. The molecule has 4 unspecified atom stereocenters. The molecule has 2 N–H and O–H groups in total. The normalized spacial score (nSPS) is 26.8. The fourth-order valence-corrected chi connectivity index (χ4v) is 3.99. The highest BCUT2D eigenvalue weighted by Gasteiger charge is 2.42. The van der Waals surface area contributed by atoms with Crippen molar-refractivity contribution in [3.63, 3.8) is 0 Å². The van der Waals surface area contributed by atoms with Crippen LogP contribution < -0.4 is 10.6 Å². The molecule has 0 heterocycles. The molecule has 2 saturated carbocycles. The van der Waals surface area contributed by atoms with Gasteiger partial charge in [0.05, 0.1) is 0 Å². The van der Waals surface area contributed by atoms with Gasteiger partial charge in [-0.3, -0.25) is 9.79 Å². The third-order valence-corrected chi connectivity index (χ3v) is 5.51. The Hall–Kier alpha value is -1.45. The van der Waals surface area contributed by atoms with Gasteiger partial charge in [-0.15, -0.1) is 24.0 Å². The van der Waals surface area contributed by atoms with Crippen molar-refractivity contribution < 1.29 is 13.6 Å². The van der Waals surface area contributed by atoms with Gasteiger partial charge in [0.15, 0.2) is 5.96 Å². The number of halogens is 3. The zero-order valence-corrected chi connectivity index (χ0v) is 18.9. The number of nitrogens with zero attached hydrogens (tertiary/aromatic N) is 2. The van der Waals surface area contributed by atoms with Gasteiger partial charge in [-0.05, 0) is 37.8 Å². The van der Waals surface area contributed by atoms with E-state index in [0.717, 1.165) is 25.7 Å². The molecule has 1 amide bonds. The van der Waals surface area contributed by atoms with E-state index in [-0.39, 0.29) is 59.4 Å². The largest absolute Gasteiger partial charge is 0.354 e. The third kappa shape index (κ3) is 5.33. The van der Waals surface area contributed by atoms with Crippen molar-refractivity contribution >= 4 is 35.8 Å². The van der Waals surface area contributed by atoms with E-state index in [1.807, 2.05) is 0 Å². The van der Waals surface area contributed by atoms with E-state index in [4.69, 9.17) is 0 Å². The van der Waals surface area contributed by atoms with Crippen LogP contribution in [0.15, 0.2) is 23.2 Å². The Labute approximate surface area is 182 Å². The van der Waals surface area contributed by atoms with Gasteiger partial charge in [0, 0.05) is 50.6 Å². The molecule has 1 aromatic rings. The lowest BCUT2D eigenvalue weighted by molar-refractivity contribution is -0.134. The van der Waals surface area contributed by atoms with Gasteiger partial charge in [0.2, 0.25) is 5.91 Å². The number of aliphatic imine (C=N–C) groups is 1. The molecule has 3 rings (SSSR count). The summed E-state index contributed by atoms with van der Waals surface area (Å²) in [6.07, 6.45) is 4.33. The van der Waals surface area contributed by atoms with Crippen LogP contribution >= 0.6 is 24.0 Å². The molecule has 2 aliphatic rings. The lowest BCUT2D eigenvalue weighted by Gasteiger charge is -2.31. The van der Waals surface area contributed by atoms with E-state index in [1.54, 1.807) is 26.0 Å². The van der Waals surface area contributed by atoms with E-state index in [1.165, 1.54) is 18.2 Å². The molecule has 0 saturated heterocycles. The molecule has 2 aliphatic carbocycles. The minimum absolute atomic E-state index is 0. The molecular formula is C20H29F2IN4O. The van der Waals surface area contributed by atoms with Crippen LogP contribution in [-0.4, -0.2) is 50.0 Å². The number of carbonyl (C=O) groups excluding carboxylic acids is 1. The lowest BCUT2D eigenvalue weighted by Crippen LogP contribution is -2.47. The highest BCUT2D eigenvalue weighted by Crippen LogP contribution is 2.43. The predicted molar refractivity (Wildman–Crippen MR) is 117 cm³/mol. The van der Waals surface area contributed by atoms with Gasteiger partial charge in [0.1, 0.15) is 11.6 Å². The number of hydrogen-bond donors (Lipinski definition) is 2. The maximum atomic E-state index is 13.9. The molecule has 1 aromatic carbocycles. The maximum absolute atomic E-state index is 13.9. The Morgan fingerprint density at radius 3 is 2.43 bits per heavy atom. The van der Waals surface area contributed by atoms with Crippen molar-refractivity contribution in [2.75, 3.05) is 21.1 Å². The van der Waals surface area contributed by atoms with Crippen LogP contribution in [0, 0.1) is 17.6 Å². The zero-order chi connectivity index (χ0) is 19.6. The number of carbonyl (C=O) groups is 1. The van der Waals surface area contributed by atoms with Crippen LogP contribution in [0.25, 0.3) is 0 Å². The molecule has 4 atom stereocenters. The number of benzene rings is 1. The topological polar surface area (TPSA) is 56.7 Å². The van der Waals surface area contributed by atoms with E-state index < -0.39 is 11.6 Å². The van der Waals surface area contributed by atoms with Crippen LogP contribution in [0.4, 0.5) is 8.78 Å². The second kappa shape index (κ2) is 9.84. The number of amides is 1. The standard InChI is InChI=1S/C20H28F2N4O.HI/c1-23-20(24-13-7-4-6-12(10-13)19(27)26(2)3)25-17-11-14(17)18-15(21)8-5-9-16(18)22;/h5,8-9,12-14,17H,4,6-7,10-11H2,1-3H3,(H2,23,24,25);1H. The molecule has 2 fully saturated rings. The van der Waals surface area contributed by atoms with Crippen molar-refractivity contribution in [3.8, 4) is 0 Å². The monoisotopic (exact) mass is 506 g/mol. The fourth-order valence-electron chi connectivity index (χ4n) is 3.99. The van der Waals surface area contributed by atoms with Crippen molar-refractivity contribution in [1.29, 1.82) is 0 Å². The van der Waals surface area contributed by atoms with Gasteiger partial charge >= 0.3 is 0 Å². The average molecular weight is 506 g/mol. The number of rotatable bonds is 4. The van der Waals surface area contributed by atoms with Crippen LogP contribution in [0.5, 0.6) is 0 Å². The molecule has 8 heteroatoms. The van der Waals surface area contributed by atoms with Crippen LogP contribution in [-0.2, 0) is 4.79 Å². The van der Waals surface area contributed by atoms with Crippen molar-refractivity contribution in [2.45, 2.75) is 50.1 Å². The molecule has 156 valence electrons. The number of hydrogen-bond acceptors (Lipinski definition) is 2. The average Bonchev–Trinajstić information content (AvgIpc) is 3.39. The third-order valence-electron chi connectivity index (χ3n) is 5.51. The summed E-state index contributed by atoms with van der Waals surface area (Å²) in [6, 6.07) is 4.11. The smallest absolute Gasteiger partial charge is 0.225 e. The second-order valence-corrected chi connectivity index (χ2v) is 7.74. The Bertz CT molecular complexity index is 708. The van der Waals surface area contributed by atoms with E-state index in [0.29, 0.717) is 12.4 Å². The molecule has 0 aromatic heterocycles. The first-order valence-corrected chi connectivity index (χ1v) is 9.55. The van der Waals surface area contributed by atoms with Gasteiger partial charge in [-0.1, -0.05) is 12.5 Å².